The van der Waals surface area contributed by atoms with E-state index in [2.05, 4.69) is 0 Å². The van der Waals surface area contributed by atoms with Gasteiger partial charge in [-0.2, -0.15) is 4.31 Å². The van der Waals surface area contributed by atoms with Crippen LogP contribution in [0.3, 0.4) is 0 Å². The van der Waals surface area contributed by atoms with E-state index in [0.29, 0.717) is 23.1 Å². The first kappa shape index (κ1) is 16.3. The van der Waals surface area contributed by atoms with E-state index in [4.69, 9.17) is 17.3 Å². The summed E-state index contributed by atoms with van der Waals surface area (Å²) in [5, 5.41) is 0. The zero-order chi connectivity index (χ0) is 15.6. The van der Waals surface area contributed by atoms with E-state index in [9.17, 15) is 8.42 Å². The quantitative estimate of drug-likeness (QED) is 0.844. The second-order valence-corrected chi connectivity index (χ2v) is 8.45. The molecule has 114 valence electrons. The highest BCUT2D eigenvalue weighted by Crippen LogP contribution is 2.26. The van der Waals surface area contributed by atoms with E-state index in [-0.39, 0.29) is 4.90 Å². The number of aryl methyl sites for hydroxylation is 1. The Kier molecular flexibility index (Phi) is 4.93. The summed E-state index contributed by atoms with van der Waals surface area (Å²) in [5.74, 6) is 0. The van der Waals surface area contributed by atoms with Crippen molar-refractivity contribution < 1.29 is 8.42 Å². The maximum absolute atomic E-state index is 12.7. The van der Waals surface area contributed by atoms with E-state index in [1.165, 1.54) is 21.7 Å². The van der Waals surface area contributed by atoms with E-state index in [1.54, 1.807) is 18.2 Å². The van der Waals surface area contributed by atoms with Gasteiger partial charge in [0.1, 0.15) is 0 Å². The van der Waals surface area contributed by atoms with Crippen LogP contribution in [0.4, 0.5) is 5.69 Å². The van der Waals surface area contributed by atoms with Gasteiger partial charge in [0.25, 0.3) is 0 Å². The minimum atomic E-state index is -3.57. The molecule has 0 radical (unpaired) electrons. The van der Waals surface area contributed by atoms with Crippen LogP contribution in [0.2, 0.25) is 4.34 Å². The zero-order valence-corrected chi connectivity index (χ0v) is 14.2. The maximum Gasteiger partial charge on any atom is 0.243 e. The average Bonchev–Trinajstić information content (AvgIpc) is 2.80. The normalized spacial score (nSPS) is 12.0. The zero-order valence-electron chi connectivity index (χ0n) is 11.8. The summed E-state index contributed by atoms with van der Waals surface area (Å²) < 4.78 is 27.5. The molecular formula is C14H17ClN2O2S2. The van der Waals surface area contributed by atoms with Gasteiger partial charge in [0.05, 0.1) is 9.23 Å². The highest BCUT2D eigenvalue weighted by Gasteiger charge is 2.24. The Balaban J connectivity index is 2.35. The molecule has 0 spiro atoms. The molecule has 1 aromatic carbocycles. The highest BCUT2D eigenvalue weighted by atomic mass is 35.5. The summed E-state index contributed by atoms with van der Waals surface area (Å²) in [6.45, 7) is 4.33. The molecule has 0 fully saturated rings. The molecule has 2 aromatic rings. The summed E-state index contributed by atoms with van der Waals surface area (Å²) in [6.07, 6.45) is 0. The van der Waals surface area contributed by atoms with E-state index in [0.717, 1.165) is 10.4 Å². The number of anilines is 1. The smallest absolute Gasteiger partial charge is 0.243 e. The van der Waals surface area contributed by atoms with Crippen molar-refractivity contribution in [3.05, 3.63) is 45.1 Å². The first-order chi connectivity index (χ1) is 9.82. The Morgan fingerprint density at radius 3 is 2.52 bits per heavy atom. The van der Waals surface area contributed by atoms with E-state index >= 15 is 0 Å². The van der Waals surface area contributed by atoms with Crippen LogP contribution >= 0.6 is 22.9 Å². The van der Waals surface area contributed by atoms with Gasteiger partial charge in [0, 0.05) is 23.7 Å². The third-order valence-electron chi connectivity index (χ3n) is 3.02. The minimum absolute atomic E-state index is 0.226. The van der Waals surface area contributed by atoms with Crippen LogP contribution in [0.25, 0.3) is 0 Å². The first-order valence-corrected chi connectivity index (χ1v) is 9.08. The largest absolute Gasteiger partial charge is 0.399 e. The number of hydrogen-bond donors (Lipinski definition) is 1. The lowest BCUT2D eigenvalue weighted by molar-refractivity contribution is 0.426. The number of nitrogens with zero attached hydrogens (tertiary/aromatic N) is 1. The van der Waals surface area contributed by atoms with Crippen molar-refractivity contribution >= 4 is 38.6 Å². The molecule has 0 aliphatic carbocycles. The fraction of sp³-hybridized carbons (Fsp3) is 0.286. The van der Waals surface area contributed by atoms with Crippen molar-refractivity contribution in [2.45, 2.75) is 25.3 Å². The van der Waals surface area contributed by atoms with Crippen molar-refractivity contribution in [1.82, 2.24) is 4.31 Å². The number of halogens is 1. The molecule has 21 heavy (non-hydrogen) atoms. The molecule has 2 rings (SSSR count). The molecule has 0 aliphatic rings. The molecule has 0 aliphatic heterocycles. The van der Waals surface area contributed by atoms with Gasteiger partial charge in [0.2, 0.25) is 10.0 Å². The van der Waals surface area contributed by atoms with Gasteiger partial charge in [0.15, 0.2) is 0 Å². The van der Waals surface area contributed by atoms with Crippen molar-refractivity contribution in [2.24, 2.45) is 0 Å². The number of sulfonamides is 1. The molecule has 2 N–H and O–H groups in total. The molecular weight excluding hydrogens is 328 g/mol. The Labute approximate surface area is 134 Å². The van der Waals surface area contributed by atoms with Gasteiger partial charge in [-0.3, -0.25) is 0 Å². The standard InChI is InChI=1S/C14H17ClN2O2S2/c1-3-17(9-12-4-5-14(15)20-12)21(18,19)13-7-10(2)6-11(16)8-13/h4-8H,3,9,16H2,1-2H3. The van der Waals surface area contributed by atoms with Crippen molar-refractivity contribution in [1.29, 1.82) is 0 Å². The van der Waals surface area contributed by atoms with Crippen LogP contribution in [0, 0.1) is 6.92 Å². The predicted octanol–water partition coefficient (Wildman–Crippen LogP) is 3.50. The summed E-state index contributed by atoms with van der Waals surface area (Å²) in [6, 6.07) is 8.49. The minimum Gasteiger partial charge on any atom is -0.399 e. The van der Waals surface area contributed by atoms with Crippen LogP contribution in [-0.2, 0) is 16.6 Å². The van der Waals surface area contributed by atoms with Gasteiger partial charge in [-0.15, -0.1) is 11.3 Å². The molecule has 0 bridgehead atoms. The monoisotopic (exact) mass is 344 g/mol. The molecule has 0 atom stereocenters. The molecule has 1 aromatic heterocycles. The summed E-state index contributed by atoms with van der Waals surface area (Å²) in [4.78, 5) is 1.13. The van der Waals surface area contributed by atoms with Crippen LogP contribution < -0.4 is 5.73 Å². The molecule has 7 heteroatoms. The van der Waals surface area contributed by atoms with Crippen LogP contribution in [0.5, 0.6) is 0 Å². The molecule has 0 amide bonds. The fourth-order valence-corrected chi connectivity index (χ4v) is 4.80. The van der Waals surface area contributed by atoms with Gasteiger partial charge in [-0.1, -0.05) is 18.5 Å². The third kappa shape index (κ3) is 3.77. The summed E-state index contributed by atoms with van der Waals surface area (Å²) >= 11 is 7.28. The van der Waals surface area contributed by atoms with Crippen molar-refractivity contribution in [3.8, 4) is 0 Å². The molecule has 0 unspecified atom stereocenters. The number of nitrogens with two attached hydrogens (primary N) is 1. The molecule has 0 saturated carbocycles. The fourth-order valence-electron chi connectivity index (χ4n) is 2.05. The lowest BCUT2D eigenvalue weighted by Crippen LogP contribution is -2.30. The highest BCUT2D eigenvalue weighted by molar-refractivity contribution is 7.89. The third-order valence-corrected chi connectivity index (χ3v) is 6.14. The van der Waals surface area contributed by atoms with Crippen molar-refractivity contribution in [2.75, 3.05) is 12.3 Å². The maximum atomic E-state index is 12.7. The van der Waals surface area contributed by atoms with Gasteiger partial charge >= 0.3 is 0 Å². The average molecular weight is 345 g/mol. The van der Waals surface area contributed by atoms with E-state index in [1.807, 2.05) is 19.9 Å². The van der Waals surface area contributed by atoms with Gasteiger partial charge in [-0.25, -0.2) is 8.42 Å². The summed E-state index contributed by atoms with van der Waals surface area (Å²) in [7, 11) is -3.57. The van der Waals surface area contributed by atoms with Crippen LogP contribution in [0.1, 0.15) is 17.4 Å². The topological polar surface area (TPSA) is 63.4 Å². The molecule has 1 heterocycles. The first-order valence-electron chi connectivity index (χ1n) is 6.44. The number of hydrogen-bond acceptors (Lipinski definition) is 4. The Morgan fingerprint density at radius 2 is 2.00 bits per heavy atom. The van der Waals surface area contributed by atoms with Gasteiger partial charge in [-0.05, 0) is 42.8 Å². The molecule has 0 saturated heterocycles. The van der Waals surface area contributed by atoms with Crippen molar-refractivity contribution in [3.63, 3.8) is 0 Å². The lowest BCUT2D eigenvalue weighted by Gasteiger charge is -2.20. The molecule has 4 nitrogen and oxygen atoms in total. The lowest BCUT2D eigenvalue weighted by atomic mass is 10.2. The Hall–Kier alpha value is -1.08. The number of benzene rings is 1. The number of thiophene rings is 1. The van der Waals surface area contributed by atoms with Crippen LogP contribution in [0.15, 0.2) is 35.2 Å². The second-order valence-electron chi connectivity index (χ2n) is 4.72. The van der Waals surface area contributed by atoms with Gasteiger partial charge < -0.3 is 5.73 Å². The Morgan fingerprint density at radius 1 is 1.29 bits per heavy atom. The van der Waals surface area contributed by atoms with Crippen LogP contribution in [-0.4, -0.2) is 19.3 Å². The Bertz CT molecular complexity index is 721. The predicted molar refractivity (Wildman–Crippen MR) is 88.2 cm³/mol. The number of rotatable bonds is 5. The SMILES string of the molecule is CCN(Cc1ccc(Cl)s1)S(=O)(=O)c1cc(C)cc(N)c1. The second kappa shape index (κ2) is 6.36. The summed E-state index contributed by atoms with van der Waals surface area (Å²) in [5.41, 5.74) is 7.03. The van der Waals surface area contributed by atoms with E-state index < -0.39 is 10.0 Å². The number of nitrogen functional groups attached to an aromatic ring is 1.